The average molecular weight is 348 g/mol. The molecule has 1 nitrogen and oxygen atoms in total. The fraction of sp³-hybridized carbons (Fsp3) is 0.143. The van der Waals surface area contributed by atoms with Crippen molar-refractivity contribution < 1.29 is 13.5 Å². The molecule has 2 aromatic carbocycles. The molecule has 0 amide bonds. The van der Waals surface area contributed by atoms with E-state index in [4.69, 9.17) is 16.3 Å². The zero-order chi connectivity index (χ0) is 13.8. The van der Waals surface area contributed by atoms with E-state index in [2.05, 4.69) is 15.9 Å². The van der Waals surface area contributed by atoms with Crippen LogP contribution in [0.4, 0.5) is 8.78 Å². The summed E-state index contributed by atoms with van der Waals surface area (Å²) in [5.74, 6) is -1.17. The van der Waals surface area contributed by atoms with E-state index in [9.17, 15) is 8.78 Å². The van der Waals surface area contributed by atoms with E-state index in [1.807, 2.05) is 0 Å². The summed E-state index contributed by atoms with van der Waals surface area (Å²) in [4.78, 5) is 0. The van der Waals surface area contributed by atoms with Crippen molar-refractivity contribution in [1.82, 2.24) is 0 Å². The van der Waals surface area contributed by atoms with Crippen molar-refractivity contribution >= 4 is 27.5 Å². The third kappa shape index (κ3) is 3.45. The molecule has 2 aromatic rings. The van der Waals surface area contributed by atoms with E-state index in [0.29, 0.717) is 16.1 Å². The molecule has 0 radical (unpaired) electrons. The lowest BCUT2D eigenvalue weighted by Gasteiger charge is -2.11. The van der Waals surface area contributed by atoms with Gasteiger partial charge < -0.3 is 4.74 Å². The highest BCUT2D eigenvalue weighted by Crippen LogP contribution is 2.26. The maximum absolute atomic E-state index is 13.5. The standard InChI is InChI=1S/C14H10BrClF2O/c15-7-10-6-11(16)4-5-13(10)19-8-9-2-1-3-12(17)14(9)18/h1-6H,7-8H2. The lowest BCUT2D eigenvalue weighted by Crippen LogP contribution is -2.01. The predicted octanol–water partition coefficient (Wildman–Crippen LogP) is 5.09. The third-order valence-corrected chi connectivity index (χ3v) is 3.42. The first-order valence-electron chi connectivity index (χ1n) is 5.52. The van der Waals surface area contributed by atoms with Crippen LogP contribution in [0, 0.1) is 11.6 Å². The topological polar surface area (TPSA) is 9.23 Å². The van der Waals surface area contributed by atoms with Gasteiger partial charge in [0.05, 0.1) is 0 Å². The lowest BCUT2D eigenvalue weighted by molar-refractivity contribution is 0.295. The molecule has 0 aliphatic heterocycles. The zero-order valence-corrected chi connectivity index (χ0v) is 12.1. The van der Waals surface area contributed by atoms with Gasteiger partial charge in [0.2, 0.25) is 0 Å². The van der Waals surface area contributed by atoms with Gasteiger partial charge in [0.1, 0.15) is 12.4 Å². The average Bonchev–Trinajstić information content (AvgIpc) is 2.41. The van der Waals surface area contributed by atoms with Gasteiger partial charge in [0.15, 0.2) is 11.6 Å². The summed E-state index contributed by atoms with van der Waals surface area (Å²) in [5, 5.41) is 1.16. The SMILES string of the molecule is Fc1cccc(COc2ccc(Cl)cc2CBr)c1F. The summed E-state index contributed by atoms with van der Waals surface area (Å²) in [7, 11) is 0. The van der Waals surface area contributed by atoms with E-state index < -0.39 is 11.6 Å². The van der Waals surface area contributed by atoms with E-state index in [0.717, 1.165) is 11.6 Å². The van der Waals surface area contributed by atoms with Gasteiger partial charge in [-0.25, -0.2) is 8.78 Å². The highest BCUT2D eigenvalue weighted by atomic mass is 79.9. The van der Waals surface area contributed by atoms with Crippen LogP contribution in [0.1, 0.15) is 11.1 Å². The largest absolute Gasteiger partial charge is 0.488 e. The molecule has 0 saturated carbocycles. The predicted molar refractivity (Wildman–Crippen MR) is 74.8 cm³/mol. The van der Waals surface area contributed by atoms with Gasteiger partial charge in [-0.2, -0.15) is 0 Å². The quantitative estimate of drug-likeness (QED) is 0.700. The van der Waals surface area contributed by atoms with Gasteiger partial charge in [-0.1, -0.05) is 39.7 Å². The second kappa shape index (κ2) is 6.35. The van der Waals surface area contributed by atoms with Crippen molar-refractivity contribution in [2.24, 2.45) is 0 Å². The fourth-order valence-electron chi connectivity index (χ4n) is 1.61. The number of hydrogen-bond donors (Lipinski definition) is 0. The zero-order valence-electron chi connectivity index (χ0n) is 9.80. The molecule has 0 unspecified atom stereocenters. The molecule has 0 saturated heterocycles. The van der Waals surface area contributed by atoms with Crippen molar-refractivity contribution in [2.45, 2.75) is 11.9 Å². The molecule has 0 aliphatic rings. The van der Waals surface area contributed by atoms with Crippen LogP contribution in [-0.2, 0) is 11.9 Å². The van der Waals surface area contributed by atoms with Crippen LogP contribution in [0.25, 0.3) is 0 Å². The highest BCUT2D eigenvalue weighted by molar-refractivity contribution is 9.08. The Kier molecular flexibility index (Phi) is 4.77. The molecule has 0 bridgehead atoms. The molecular weight excluding hydrogens is 338 g/mol. The Labute approximate surface area is 123 Å². The minimum atomic E-state index is -0.878. The van der Waals surface area contributed by atoms with Gasteiger partial charge in [-0.15, -0.1) is 0 Å². The van der Waals surface area contributed by atoms with Gasteiger partial charge in [0, 0.05) is 21.5 Å². The minimum absolute atomic E-state index is 0.0365. The molecule has 0 atom stereocenters. The molecule has 0 aliphatic carbocycles. The van der Waals surface area contributed by atoms with Crippen molar-refractivity contribution in [1.29, 1.82) is 0 Å². The van der Waals surface area contributed by atoms with Crippen LogP contribution in [0.15, 0.2) is 36.4 Å². The van der Waals surface area contributed by atoms with Crippen molar-refractivity contribution in [2.75, 3.05) is 0 Å². The number of alkyl halides is 1. The van der Waals surface area contributed by atoms with Crippen molar-refractivity contribution in [3.63, 3.8) is 0 Å². The molecule has 0 N–H and O–H groups in total. The minimum Gasteiger partial charge on any atom is -0.488 e. The molecule has 0 fully saturated rings. The fourth-order valence-corrected chi connectivity index (χ4v) is 2.24. The Morgan fingerprint density at radius 1 is 1.11 bits per heavy atom. The van der Waals surface area contributed by atoms with Gasteiger partial charge in [-0.05, 0) is 24.3 Å². The lowest BCUT2D eigenvalue weighted by atomic mass is 10.2. The second-order valence-electron chi connectivity index (χ2n) is 3.89. The van der Waals surface area contributed by atoms with E-state index in [1.54, 1.807) is 18.2 Å². The smallest absolute Gasteiger partial charge is 0.165 e. The first-order chi connectivity index (χ1) is 9.11. The molecule has 2 rings (SSSR count). The van der Waals surface area contributed by atoms with E-state index in [-0.39, 0.29) is 12.2 Å². The molecule has 19 heavy (non-hydrogen) atoms. The third-order valence-electron chi connectivity index (χ3n) is 2.58. The highest BCUT2D eigenvalue weighted by Gasteiger charge is 2.09. The summed E-state index contributed by atoms with van der Waals surface area (Å²) < 4.78 is 32.0. The van der Waals surface area contributed by atoms with Crippen LogP contribution < -0.4 is 4.74 Å². The van der Waals surface area contributed by atoms with Crippen molar-refractivity contribution in [3.05, 3.63) is 64.2 Å². The number of benzene rings is 2. The van der Waals surface area contributed by atoms with Crippen LogP contribution in [-0.4, -0.2) is 0 Å². The van der Waals surface area contributed by atoms with Crippen LogP contribution in [0.5, 0.6) is 5.75 Å². The number of rotatable bonds is 4. The van der Waals surface area contributed by atoms with Gasteiger partial charge in [-0.3, -0.25) is 0 Å². The molecule has 5 heteroatoms. The van der Waals surface area contributed by atoms with Crippen LogP contribution >= 0.6 is 27.5 Å². The maximum atomic E-state index is 13.5. The van der Waals surface area contributed by atoms with Gasteiger partial charge >= 0.3 is 0 Å². The summed E-state index contributed by atoms with van der Waals surface area (Å²) >= 11 is 9.19. The Hall–Kier alpha value is -1.13. The van der Waals surface area contributed by atoms with E-state index in [1.165, 1.54) is 12.1 Å². The molecule has 0 aromatic heterocycles. The summed E-state index contributed by atoms with van der Waals surface area (Å²) in [5.41, 5.74) is 1.03. The summed E-state index contributed by atoms with van der Waals surface area (Å²) in [6, 6.07) is 9.16. The van der Waals surface area contributed by atoms with Crippen LogP contribution in [0.3, 0.4) is 0 Å². The maximum Gasteiger partial charge on any atom is 0.165 e. The second-order valence-corrected chi connectivity index (χ2v) is 4.88. The molecule has 0 heterocycles. The first kappa shape index (κ1) is 14.3. The summed E-state index contributed by atoms with van der Waals surface area (Å²) in [6.07, 6.45) is 0. The number of halogens is 4. The first-order valence-corrected chi connectivity index (χ1v) is 7.02. The Bertz CT molecular complexity index is 590. The molecule has 100 valence electrons. The summed E-state index contributed by atoms with van der Waals surface area (Å²) in [6.45, 7) is -0.0365. The number of ether oxygens (including phenoxy) is 1. The monoisotopic (exact) mass is 346 g/mol. The van der Waals surface area contributed by atoms with Gasteiger partial charge in [0.25, 0.3) is 0 Å². The molecule has 0 spiro atoms. The van der Waals surface area contributed by atoms with Crippen molar-refractivity contribution in [3.8, 4) is 5.75 Å². The Morgan fingerprint density at radius 2 is 1.89 bits per heavy atom. The Morgan fingerprint density at radius 3 is 2.63 bits per heavy atom. The van der Waals surface area contributed by atoms with E-state index >= 15 is 0 Å². The number of hydrogen-bond acceptors (Lipinski definition) is 1. The normalized spacial score (nSPS) is 10.5. The Balaban J connectivity index is 2.17. The molecular formula is C14H10BrClF2O. The van der Waals surface area contributed by atoms with Crippen LogP contribution in [0.2, 0.25) is 5.02 Å².